The number of rotatable bonds is 2. The molecule has 1 aromatic rings. The second-order valence-corrected chi connectivity index (χ2v) is 6.85. The first kappa shape index (κ1) is 11.9. The monoisotopic (exact) mass is 263 g/mol. The van der Waals surface area contributed by atoms with Gasteiger partial charge in [0.15, 0.2) is 0 Å². The Morgan fingerprint density at radius 3 is 2.67 bits per heavy atom. The molecule has 0 radical (unpaired) electrons. The summed E-state index contributed by atoms with van der Waals surface area (Å²) < 4.78 is 26.5. The predicted molar refractivity (Wildman–Crippen MR) is 71.8 cm³/mol. The van der Waals surface area contributed by atoms with E-state index in [-0.39, 0.29) is 0 Å². The van der Waals surface area contributed by atoms with Crippen LogP contribution in [0.1, 0.15) is 30.4 Å². The lowest BCUT2D eigenvalue weighted by Gasteiger charge is -2.17. The van der Waals surface area contributed by atoms with E-state index in [0.717, 1.165) is 36.8 Å². The fraction of sp³-hybridized carbons (Fsp3) is 0.429. The van der Waals surface area contributed by atoms with Crippen molar-refractivity contribution < 1.29 is 8.42 Å². The van der Waals surface area contributed by atoms with Gasteiger partial charge in [0.1, 0.15) is 0 Å². The number of hydrogen-bond acceptors (Lipinski definition) is 2. The van der Waals surface area contributed by atoms with Crippen LogP contribution >= 0.6 is 0 Å². The molecular weight excluding hydrogens is 246 g/mol. The van der Waals surface area contributed by atoms with Crippen LogP contribution in [0.2, 0.25) is 0 Å². The van der Waals surface area contributed by atoms with Crippen molar-refractivity contribution in [3.8, 4) is 0 Å². The lowest BCUT2D eigenvalue weighted by molar-refractivity contribution is 0.477. The maximum absolute atomic E-state index is 12.4. The van der Waals surface area contributed by atoms with Crippen molar-refractivity contribution in [2.24, 2.45) is 0 Å². The number of benzene rings is 1. The zero-order valence-corrected chi connectivity index (χ0v) is 11.1. The molecular formula is C14H17NO2S. The van der Waals surface area contributed by atoms with Crippen LogP contribution in [-0.4, -0.2) is 25.8 Å². The van der Waals surface area contributed by atoms with Crippen LogP contribution in [0.25, 0.3) is 6.08 Å². The van der Waals surface area contributed by atoms with Gasteiger partial charge in [-0.2, -0.15) is 4.31 Å². The van der Waals surface area contributed by atoms with E-state index in [2.05, 4.69) is 12.2 Å². The summed E-state index contributed by atoms with van der Waals surface area (Å²) in [6, 6.07) is 5.52. The molecule has 1 heterocycles. The Morgan fingerprint density at radius 1 is 1.11 bits per heavy atom. The van der Waals surface area contributed by atoms with Crippen molar-refractivity contribution in [2.45, 2.75) is 30.6 Å². The van der Waals surface area contributed by atoms with Crippen LogP contribution < -0.4 is 0 Å². The third-order valence-electron chi connectivity index (χ3n) is 3.69. The van der Waals surface area contributed by atoms with Gasteiger partial charge in [-0.05, 0) is 48.9 Å². The average molecular weight is 263 g/mol. The van der Waals surface area contributed by atoms with E-state index in [1.807, 2.05) is 12.1 Å². The van der Waals surface area contributed by atoms with E-state index in [1.165, 1.54) is 0 Å². The molecule has 3 nitrogen and oxygen atoms in total. The van der Waals surface area contributed by atoms with Crippen LogP contribution in [0.4, 0.5) is 0 Å². The molecule has 4 heteroatoms. The number of fused-ring (bicyclic) bond motifs is 1. The number of hydrogen-bond donors (Lipinski definition) is 0. The molecule has 3 rings (SSSR count). The normalized spacial score (nSPS) is 20.0. The second-order valence-electron chi connectivity index (χ2n) is 4.91. The third-order valence-corrected chi connectivity index (χ3v) is 5.59. The Bertz CT molecular complexity index is 584. The molecule has 2 aliphatic rings. The van der Waals surface area contributed by atoms with E-state index in [4.69, 9.17) is 0 Å². The SMILES string of the molecule is O=S(=O)(c1ccc2c(c1)CCC=C2)N1CCCC1. The van der Waals surface area contributed by atoms with E-state index in [0.29, 0.717) is 18.0 Å². The summed E-state index contributed by atoms with van der Waals surface area (Å²) in [4.78, 5) is 0.457. The summed E-state index contributed by atoms with van der Waals surface area (Å²) in [5.74, 6) is 0. The third kappa shape index (κ3) is 1.99. The Kier molecular flexibility index (Phi) is 2.99. The molecule has 0 amide bonds. The number of allylic oxidation sites excluding steroid dienone is 1. The lowest BCUT2D eigenvalue weighted by atomic mass is 9.98. The first-order chi connectivity index (χ1) is 8.68. The van der Waals surface area contributed by atoms with Crippen LogP contribution in [0.3, 0.4) is 0 Å². The number of nitrogens with zero attached hydrogens (tertiary/aromatic N) is 1. The zero-order valence-electron chi connectivity index (χ0n) is 10.3. The standard InChI is InChI=1S/C14H17NO2S/c16-18(17,15-9-3-4-10-15)14-8-7-12-5-1-2-6-13(12)11-14/h1,5,7-8,11H,2-4,6,9-10H2. The summed E-state index contributed by atoms with van der Waals surface area (Å²) in [5, 5.41) is 0. The van der Waals surface area contributed by atoms with Crippen LogP contribution in [0, 0.1) is 0 Å². The summed E-state index contributed by atoms with van der Waals surface area (Å²) in [7, 11) is -3.26. The highest BCUT2D eigenvalue weighted by atomic mass is 32.2. The van der Waals surface area contributed by atoms with Crippen molar-refractivity contribution >= 4 is 16.1 Å². The van der Waals surface area contributed by atoms with E-state index in [9.17, 15) is 8.42 Å². The van der Waals surface area contributed by atoms with Crippen LogP contribution in [0.5, 0.6) is 0 Å². The van der Waals surface area contributed by atoms with Crippen molar-refractivity contribution in [1.82, 2.24) is 4.31 Å². The largest absolute Gasteiger partial charge is 0.243 e. The summed E-state index contributed by atoms with van der Waals surface area (Å²) >= 11 is 0. The molecule has 1 saturated heterocycles. The fourth-order valence-corrected chi connectivity index (χ4v) is 4.22. The Morgan fingerprint density at radius 2 is 1.89 bits per heavy atom. The van der Waals surface area contributed by atoms with E-state index >= 15 is 0 Å². The summed E-state index contributed by atoms with van der Waals surface area (Å²) in [6.45, 7) is 1.33. The van der Waals surface area contributed by atoms with Gasteiger partial charge in [-0.25, -0.2) is 8.42 Å². The summed E-state index contributed by atoms with van der Waals surface area (Å²) in [6.07, 6.45) is 8.11. The van der Waals surface area contributed by atoms with Gasteiger partial charge in [-0.1, -0.05) is 18.2 Å². The molecule has 0 unspecified atom stereocenters. The van der Waals surface area contributed by atoms with E-state index < -0.39 is 10.0 Å². The lowest BCUT2D eigenvalue weighted by Crippen LogP contribution is -2.28. The second kappa shape index (κ2) is 4.52. The van der Waals surface area contributed by atoms with Crippen molar-refractivity contribution in [1.29, 1.82) is 0 Å². The van der Waals surface area contributed by atoms with Gasteiger partial charge in [-0.3, -0.25) is 0 Å². The maximum Gasteiger partial charge on any atom is 0.243 e. The molecule has 0 atom stereocenters. The van der Waals surface area contributed by atoms with Gasteiger partial charge in [0.25, 0.3) is 0 Å². The zero-order chi connectivity index (χ0) is 12.6. The van der Waals surface area contributed by atoms with E-state index in [1.54, 1.807) is 10.4 Å². The Labute approximate surface area is 108 Å². The highest BCUT2D eigenvalue weighted by Crippen LogP contribution is 2.26. The molecule has 0 N–H and O–H groups in total. The Hall–Kier alpha value is -1.13. The number of sulfonamides is 1. The van der Waals surface area contributed by atoms with Crippen molar-refractivity contribution in [3.63, 3.8) is 0 Å². The quantitative estimate of drug-likeness (QED) is 0.822. The van der Waals surface area contributed by atoms with Gasteiger partial charge in [-0.15, -0.1) is 0 Å². The average Bonchev–Trinajstić information content (AvgIpc) is 2.92. The molecule has 0 aromatic heterocycles. The fourth-order valence-electron chi connectivity index (χ4n) is 2.65. The van der Waals surface area contributed by atoms with Crippen molar-refractivity contribution in [2.75, 3.05) is 13.1 Å². The van der Waals surface area contributed by atoms with Gasteiger partial charge in [0, 0.05) is 13.1 Å². The Balaban J connectivity index is 1.99. The molecule has 1 fully saturated rings. The van der Waals surface area contributed by atoms with Gasteiger partial charge >= 0.3 is 0 Å². The van der Waals surface area contributed by atoms with Gasteiger partial charge < -0.3 is 0 Å². The molecule has 1 aliphatic heterocycles. The molecule has 0 saturated carbocycles. The smallest absolute Gasteiger partial charge is 0.207 e. The predicted octanol–water partition coefficient (Wildman–Crippen LogP) is 2.43. The first-order valence-electron chi connectivity index (χ1n) is 6.47. The molecule has 18 heavy (non-hydrogen) atoms. The highest BCUT2D eigenvalue weighted by molar-refractivity contribution is 7.89. The molecule has 1 aliphatic carbocycles. The molecule has 1 aromatic carbocycles. The minimum atomic E-state index is -3.26. The first-order valence-corrected chi connectivity index (χ1v) is 7.91. The minimum absolute atomic E-state index is 0.457. The van der Waals surface area contributed by atoms with Crippen LogP contribution in [0.15, 0.2) is 29.2 Å². The van der Waals surface area contributed by atoms with Crippen molar-refractivity contribution in [3.05, 3.63) is 35.4 Å². The topological polar surface area (TPSA) is 37.4 Å². The summed E-state index contributed by atoms with van der Waals surface area (Å²) in [5.41, 5.74) is 2.30. The van der Waals surface area contributed by atoms with Crippen LogP contribution in [-0.2, 0) is 16.4 Å². The van der Waals surface area contributed by atoms with Gasteiger partial charge in [0.2, 0.25) is 10.0 Å². The number of aryl methyl sites for hydroxylation is 1. The molecule has 0 bridgehead atoms. The highest BCUT2D eigenvalue weighted by Gasteiger charge is 2.27. The molecule has 0 spiro atoms. The van der Waals surface area contributed by atoms with Gasteiger partial charge in [0.05, 0.1) is 4.90 Å². The minimum Gasteiger partial charge on any atom is -0.207 e. The molecule has 96 valence electrons. The maximum atomic E-state index is 12.4.